The van der Waals surface area contributed by atoms with Crippen molar-refractivity contribution in [3.8, 4) is 0 Å². The molecule has 0 aliphatic rings. The monoisotopic (exact) mass is 194 g/mol. The first-order valence-electron chi connectivity index (χ1n) is 1.51. The summed E-state index contributed by atoms with van der Waals surface area (Å²) in [5.41, 5.74) is 0. The molecule has 0 aliphatic carbocycles. The third-order valence-corrected chi connectivity index (χ3v) is 0.527. The van der Waals surface area contributed by atoms with Gasteiger partial charge in [0.2, 0.25) is 0 Å². The molecular formula is C3H6ClO2Rb. The molecule has 1 unspecified atom stereocenters. The minimum Gasteiger partial charge on any atom is -1.00 e. The van der Waals surface area contributed by atoms with Crippen molar-refractivity contribution in [3.63, 3.8) is 0 Å². The molecule has 0 rings (SSSR count). The van der Waals surface area contributed by atoms with E-state index < -0.39 is 11.3 Å². The van der Waals surface area contributed by atoms with Gasteiger partial charge in [0, 0.05) is 0 Å². The summed E-state index contributed by atoms with van der Waals surface area (Å²) in [5.74, 6) is -0.975. The van der Waals surface area contributed by atoms with Crippen LogP contribution in [0.25, 0.3) is 0 Å². The van der Waals surface area contributed by atoms with Gasteiger partial charge >= 0.3 is 64.2 Å². The maximum Gasteiger partial charge on any atom is 1.00 e. The molecule has 0 aliphatic heterocycles. The third-order valence-electron chi connectivity index (χ3n) is 0.340. The van der Waals surface area contributed by atoms with Crippen LogP contribution < -0.4 is 58.2 Å². The molecule has 0 radical (unpaired) electrons. The van der Waals surface area contributed by atoms with Crippen LogP contribution in [0.2, 0.25) is 0 Å². The minimum absolute atomic E-state index is 0. The van der Waals surface area contributed by atoms with Crippen LogP contribution in [0.15, 0.2) is 0 Å². The van der Waals surface area contributed by atoms with Gasteiger partial charge in [0.1, 0.15) is 5.38 Å². The Balaban J connectivity index is -0.000000125. The predicted octanol–water partition coefficient (Wildman–Crippen LogP) is -2.19. The fourth-order valence-electron chi connectivity index (χ4n) is 0. The van der Waals surface area contributed by atoms with Crippen molar-refractivity contribution in [1.29, 1.82) is 0 Å². The fourth-order valence-corrected chi connectivity index (χ4v) is 0. The SMILES string of the molecule is CC(Cl)C(=O)O.[H-].[Rb+]. The van der Waals surface area contributed by atoms with Crippen LogP contribution in [0.4, 0.5) is 0 Å². The maximum absolute atomic E-state index is 9.57. The number of alkyl halides is 1. The summed E-state index contributed by atoms with van der Waals surface area (Å²) in [6, 6.07) is 0. The van der Waals surface area contributed by atoms with E-state index in [1.54, 1.807) is 0 Å². The number of halogens is 1. The first-order chi connectivity index (χ1) is 2.64. The molecule has 0 saturated carbocycles. The first kappa shape index (κ1) is 11.4. The summed E-state index contributed by atoms with van der Waals surface area (Å²) in [7, 11) is 0. The van der Waals surface area contributed by atoms with Gasteiger partial charge in [0.05, 0.1) is 0 Å². The molecule has 0 aromatic carbocycles. The average Bonchev–Trinajstić information content (AvgIpc) is 1.36. The quantitative estimate of drug-likeness (QED) is 0.483. The summed E-state index contributed by atoms with van der Waals surface area (Å²) >= 11 is 5.01. The van der Waals surface area contributed by atoms with Crippen LogP contribution in [-0.2, 0) is 4.79 Å². The Morgan fingerprint density at radius 3 is 2.14 bits per heavy atom. The molecular weight excluding hydrogens is 189 g/mol. The molecule has 0 fully saturated rings. The number of hydrogen-bond donors (Lipinski definition) is 1. The average molecular weight is 195 g/mol. The summed E-state index contributed by atoms with van der Waals surface area (Å²) in [4.78, 5) is 9.57. The van der Waals surface area contributed by atoms with E-state index in [2.05, 4.69) is 0 Å². The molecule has 0 aromatic rings. The second-order valence-corrected chi connectivity index (χ2v) is 1.61. The van der Waals surface area contributed by atoms with E-state index >= 15 is 0 Å². The molecule has 0 aromatic heterocycles. The van der Waals surface area contributed by atoms with Crippen LogP contribution in [0.5, 0.6) is 0 Å². The van der Waals surface area contributed by atoms with Crippen molar-refractivity contribution in [2.75, 3.05) is 0 Å². The zero-order chi connectivity index (χ0) is 5.15. The number of aliphatic carboxylic acids is 1. The van der Waals surface area contributed by atoms with E-state index in [0.717, 1.165) is 0 Å². The Hall–Kier alpha value is 1.57. The van der Waals surface area contributed by atoms with Crippen LogP contribution >= 0.6 is 11.6 Å². The van der Waals surface area contributed by atoms with E-state index in [4.69, 9.17) is 16.7 Å². The fraction of sp³-hybridized carbons (Fsp3) is 0.667. The van der Waals surface area contributed by atoms with Crippen molar-refractivity contribution in [1.82, 2.24) is 0 Å². The molecule has 0 spiro atoms. The molecule has 0 amide bonds. The van der Waals surface area contributed by atoms with Gasteiger partial charge in [-0.1, -0.05) is 0 Å². The summed E-state index contributed by atoms with van der Waals surface area (Å²) in [6.45, 7) is 1.41. The Labute approximate surface area is 97.5 Å². The largest absolute Gasteiger partial charge is 1.00 e. The molecule has 0 saturated heterocycles. The van der Waals surface area contributed by atoms with Gasteiger partial charge in [-0.05, 0) is 6.92 Å². The van der Waals surface area contributed by atoms with Crippen molar-refractivity contribution in [3.05, 3.63) is 0 Å². The van der Waals surface area contributed by atoms with Crippen molar-refractivity contribution >= 4 is 17.6 Å². The first-order valence-corrected chi connectivity index (χ1v) is 1.95. The van der Waals surface area contributed by atoms with Gasteiger partial charge in [-0.3, -0.25) is 4.79 Å². The predicted molar refractivity (Wildman–Crippen MR) is 24.1 cm³/mol. The number of carboxylic acid groups (broad SMARTS) is 1. The molecule has 0 bridgehead atoms. The Bertz CT molecular complexity index is 68.3. The number of carbonyl (C=O) groups is 1. The second kappa shape index (κ2) is 5.70. The van der Waals surface area contributed by atoms with Gasteiger partial charge in [0.15, 0.2) is 0 Å². The zero-order valence-electron chi connectivity index (χ0n) is 5.31. The Morgan fingerprint density at radius 1 is 2.00 bits per heavy atom. The van der Waals surface area contributed by atoms with E-state index in [-0.39, 0.29) is 59.6 Å². The van der Waals surface area contributed by atoms with E-state index in [1.165, 1.54) is 6.92 Å². The molecule has 0 heterocycles. The Morgan fingerprint density at radius 2 is 2.14 bits per heavy atom. The van der Waals surface area contributed by atoms with E-state index in [9.17, 15) is 4.79 Å². The molecule has 1 N–H and O–H groups in total. The second-order valence-electron chi connectivity index (χ2n) is 0.954. The standard InChI is InChI=1S/C3H5ClO2.Rb.H/c1-2(4)3(5)6;;/h2H,1H3,(H,5,6);;/q;+1;-1. The van der Waals surface area contributed by atoms with Crippen LogP contribution in [0, 0.1) is 0 Å². The van der Waals surface area contributed by atoms with Crippen LogP contribution in [-0.4, -0.2) is 16.5 Å². The topological polar surface area (TPSA) is 37.3 Å². The molecule has 7 heavy (non-hydrogen) atoms. The summed E-state index contributed by atoms with van der Waals surface area (Å²) in [5, 5.41) is 7.10. The number of hydrogen-bond acceptors (Lipinski definition) is 1. The molecule has 1 atom stereocenters. The Kier molecular flexibility index (Phi) is 9.26. The normalized spacial score (nSPS) is 11.7. The smallest absolute Gasteiger partial charge is 1.00 e. The van der Waals surface area contributed by atoms with Crippen molar-refractivity contribution < 1.29 is 69.5 Å². The van der Waals surface area contributed by atoms with E-state index in [1.807, 2.05) is 0 Å². The zero-order valence-corrected chi connectivity index (χ0v) is 9.98. The third kappa shape index (κ3) is 7.57. The van der Waals surface area contributed by atoms with Gasteiger partial charge in [-0.25, -0.2) is 0 Å². The van der Waals surface area contributed by atoms with Gasteiger partial charge in [-0.2, -0.15) is 0 Å². The van der Waals surface area contributed by atoms with Crippen LogP contribution in [0.1, 0.15) is 8.35 Å². The number of carboxylic acids is 1. The van der Waals surface area contributed by atoms with Gasteiger partial charge in [-0.15, -0.1) is 11.6 Å². The van der Waals surface area contributed by atoms with Crippen molar-refractivity contribution in [2.45, 2.75) is 12.3 Å². The summed E-state index contributed by atoms with van der Waals surface area (Å²) in [6.07, 6.45) is 0. The number of rotatable bonds is 1. The van der Waals surface area contributed by atoms with Gasteiger partial charge in [0.25, 0.3) is 0 Å². The van der Waals surface area contributed by atoms with Crippen LogP contribution in [0.3, 0.4) is 0 Å². The maximum atomic E-state index is 9.57. The molecule has 4 heteroatoms. The van der Waals surface area contributed by atoms with Gasteiger partial charge < -0.3 is 6.53 Å². The van der Waals surface area contributed by atoms with Crippen molar-refractivity contribution in [2.24, 2.45) is 0 Å². The van der Waals surface area contributed by atoms with E-state index in [0.29, 0.717) is 0 Å². The summed E-state index contributed by atoms with van der Waals surface area (Å²) < 4.78 is 0. The molecule has 2 nitrogen and oxygen atoms in total. The molecule has 38 valence electrons. The minimum atomic E-state index is -0.975.